The van der Waals surface area contributed by atoms with Crippen molar-refractivity contribution in [3.05, 3.63) is 60.1 Å². The Hall–Kier alpha value is -1.90. The van der Waals surface area contributed by atoms with Crippen LogP contribution in [0, 0.1) is 5.82 Å². The van der Waals surface area contributed by atoms with Crippen LogP contribution in [-0.4, -0.2) is 23.8 Å². The van der Waals surface area contributed by atoms with Crippen molar-refractivity contribution in [3.8, 4) is 0 Å². The van der Waals surface area contributed by atoms with Gasteiger partial charge in [-0.25, -0.2) is 4.39 Å². The van der Waals surface area contributed by atoms with Gasteiger partial charge in [0.2, 0.25) is 0 Å². The Labute approximate surface area is 100 Å². The van der Waals surface area contributed by atoms with Crippen molar-refractivity contribution in [1.82, 2.24) is 4.90 Å². The Morgan fingerprint density at radius 1 is 1.35 bits per heavy atom. The van der Waals surface area contributed by atoms with Crippen molar-refractivity contribution in [2.45, 2.75) is 12.5 Å². The van der Waals surface area contributed by atoms with E-state index in [-0.39, 0.29) is 23.8 Å². The van der Waals surface area contributed by atoms with Gasteiger partial charge in [-0.15, -0.1) is 0 Å². The summed E-state index contributed by atoms with van der Waals surface area (Å²) >= 11 is 0. The molecule has 0 amide bonds. The number of hydrogen-bond acceptors (Lipinski definition) is 2. The minimum absolute atomic E-state index is 0.00658. The van der Waals surface area contributed by atoms with E-state index < -0.39 is 5.82 Å². The van der Waals surface area contributed by atoms with Gasteiger partial charge in [0, 0.05) is 13.5 Å². The van der Waals surface area contributed by atoms with E-state index in [0.29, 0.717) is 0 Å². The van der Waals surface area contributed by atoms with Crippen LogP contribution in [0.1, 0.15) is 16.8 Å². The van der Waals surface area contributed by atoms with Crippen molar-refractivity contribution >= 4 is 5.78 Å². The van der Waals surface area contributed by atoms with Gasteiger partial charge in [0.25, 0.3) is 0 Å². The van der Waals surface area contributed by atoms with Gasteiger partial charge in [0.1, 0.15) is 5.82 Å². The number of nitrogens with zero attached hydrogens (tertiary/aromatic N) is 1. The first-order valence-corrected chi connectivity index (χ1v) is 5.53. The van der Waals surface area contributed by atoms with E-state index in [0.717, 1.165) is 0 Å². The fourth-order valence-corrected chi connectivity index (χ4v) is 1.82. The Kier molecular flexibility index (Phi) is 3.38. The summed E-state index contributed by atoms with van der Waals surface area (Å²) in [6, 6.07) is 6.11. The highest BCUT2D eigenvalue weighted by atomic mass is 19.1. The molecule has 1 unspecified atom stereocenters. The highest BCUT2D eigenvalue weighted by molar-refractivity contribution is 5.96. The zero-order valence-corrected chi connectivity index (χ0v) is 9.64. The average Bonchev–Trinajstić information content (AvgIpc) is 2.32. The molecular weight excluding hydrogens is 217 g/mol. The van der Waals surface area contributed by atoms with Crippen LogP contribution < -0.4 is 0 Å². The minimum Gasteiger partial charge on any atom is -0.374 e. The second kappa shape index (κ2) is 4.95. The summed E-state index contributed by atoms with van der Waals surface area (Å²) in [6.07, 6.45) is 7.94. The Morgan fingerprint density at radius 3 is 2.82 bits per heavy atom. The molecule has 1 aliphatic rings. The van der Waals surface area contributed by atoms with Gasteiger partial charge in [0.15, 0.2) is 5.78 Å². The van der Waals surface area contributed by atoms with Crippen LogP contribution in [0.5, 0.6) is 0 Å². The number of likely N-dealkylation sites (N-methyl/N-ethyl adjacent to an activating group) is 1. The SMILES string of the molecule is CN1C=CC=CC1CC(=O)c1ccccc1F. The predicted molar refractivity (Wildman–Crippen MR) is 65.2 cm³/mol. The van der Waals surface area contributed by atoms with Gasteiger partial charge in [-0.05, 0) is 24.4 Å². The zero-order chi connectivity index (χ0) is 12.3. The molecule has 2 nitrogen and oxygen atoms in total. The van der Waals surface area contributed by atoms with Crippen molar-refractivity contribution in [1.29, 1.82) is 0 Å². The van der Waals surface area contributed by atoms with Crippen LogP contribution in [0.15, 0.2) is 48.7 Å². The molecular formula is C14H14FNO. The number of hydrogen-bond donors (Lipinski definition) is 0. The van der Waals surface area contributed by atoms with E-state index in [1.54, 1.807) is 12.1 Å². The molecule has 0 saturated carbocycles. The van der Waals surface area contributed by atoms with Crippen LogP contribution in [0.2, 0.25) is 0 Å². The summed E-state index contributed by atoms with van der Waals surface area (Å²) < 4.78 is 13.4. The van der Waals surface area contributed by atoms with E-state index >= 15 is 0 Å². The third-order valence-electron chi connectivity index (χ3n) is 2.86. The lowest BCUT2D eigenvalue weighted by Gasteiger charge is -2.25. The normalized spacial score (nSPS) is 18.5. The maximum atomic E-state index is 13.4. The Balaban J connectivity index is 2.10. The molecule has 1 atom stereocenters. The molecule has 0 N–H and O–H groups in total. The Bertz CT molecular complexity index is 479. The van der Waals surface area contributed by atoms with Crippen molar-refractivity contribution < 1.29 is 9.18 Å². The number of halogens is 1. The zero-order valence-electron chi connectivity index (χ0n) is 9.64. The number of benzene rings is 1. The van der Waals surface area contributed by atoms with Gasteiger partial charge < -0.3 is 4.90 Å². The second-order valence-corrected chi connectivity index (χ2v) is 4.07. The molecule has 17 heavy (non-hydrogen) atoms. The van der Waals surface area contributed by atoms with Crippen LogP contribution in [-0.2, 0) is 0 Å². The number of ketones is 1. The lowest BCUT2D eigenvalue weighted by Crippen LogP contribution is -2.29. The third kappa shape index (κ3) is 2.61. The van der Waals surface area contributed by atoms with Gasteiger partial charge in [-0.3, -0.25) is 4.79 Å². The van der Waals surface area contributed by atoms with E-state index in [1.165, 1.54) is 12.1 Å². The third-order valence-corrected chi connectivity index (χ3v) is 2.86. The molecule has 0 aliphatic carbocycles. The number of Topliss-reactive ketones (excluding diaryl/α,β-unsaturated/α-hetero) is 1. The first-order chi connectivity index (χ1) is 8.18. The van der Waals surface area contributed by atoms with Gasteiger partial charge in [-0.2, -0.15) is 0 Å². The molecule has 1 aliphatic heterocycles. The van der Waals surface area contributed by atoms with E-state index in [1.807, 2.05) is 36.4 Å². The molecule has 0 bridgehead atoms. The van der Waals surface area contributed by atoms with Gasteiger partial charge >= 0.3 is 0 Å². The molecule has 0 radical (unpaired) electrons. The monoisotopic (exact) mass is 231 g/mol. The van der Waals surface area contributed by atoms with Gasteiger partial charge in [0.05, 0.1) is 11.6 Å². The molecule has 3 heteroatoms. The van der Waals surface area contributed by atoms with Gasteiger partial charge in [-0.1, -0.05) is 24.3 Å². The second-order valence-electron chi connectivity index (χ2n) is 4.07. The fourth-order valence-electron chi connectivity index (χ4n) is 1.82. The van der Waals surface area contributed by atoms with Crippen LogP contribution in [0.3, 0.4) is 0 Å². The minimum atomic E-state index is -0.449. The van der Waals surface area contributed by atoms with Crippen molar-refractivity contribution in [3.63, 3.8) is 0 Å². The summed E-state index contributed by atoms with van der Waals surface area (Å²) in [5.41, 5.74) is 0.170. The number of carbonyl (C=O) groups excluding carboxylic acids is 1. The quantitative estimate of drug-likeness (QED) is 0.745. The van der Waals surface area contributed by atoms with E-state index in [2.05, 4.69) is 0 Å². The molecule has 1 aromatic carbocycles. The molecule has 0 saturated heterocycles. The summed E-state index contributed by atoms with van der Waals surface area (Å²) in [5.74, 6) is -0.615. The topological polar surface area (TPSA) is 20.3 Å². The molecule has 88 valence electrons. The van der Waals surface area contributed by atoms with Crippen LogP contribution in [0.4, 0.5) is 4.39 Å². The summed E-state index contributed by atoms with van der Waals surface area (Å²) in [6.45, 7) is 0. The maximum Gasteiger partial charge on any atom is 0.168 e. The van der Waals surface area contributed by atoms with Crippen molar-refractivity contribution in [2.24, 2.45) is 0 Å². The molecule has 1 aromatic rings. The van der Waals surface area contributed by atoms with E-state index in [9.17, 15) is 9.18 Å². The molecule has 0 fully saturated rings. The Morgan fingerprint density at radius 2 is 2.12 bits per heavy atom. The largest absolute Gasteiger partial charge is 0.374 e. The molecule has 1 heterocycles. The predicted octanol–water partition coefficient (Wildman–Crippen LogP) is 2.78. The first kappa shape index (κ1) is 11.6. The highest BCUT2D eigenvalue weighted by Gasteiger charge is 2.18. The lowest BCUT2D eigenvalue weighted by atomic mass is 10.0. The number of allylic oxidation sites excluding steroid dienone is 2. The van der Waals surface area contributed by atoms with Crippen LogP contribution in [0.25, 0.3) is 0 Å². The van der Waals surface area contributed by atoms with Crippen LogP contribution >= 0.6 is 0 Å². The number of carbonyl (C=O) groups is 1. The summed E-state index contributed by atoms with van der Waals surface area (Å²) in [5, 5.41) is 0. The van der Waals surface area contributed by atoms with E-state index in [4.69, 9.17) is 0 Å². The molecule has 0 spiro atoms. The smallest absolute Gasteiger partial charge is 0.168 e. The van der Waals surface area contributed by atoms with Crippen molar-refractivity contribution in [2.75, 3.05) is 7.05 Å². The number of rotatable bonds is 3. The molecule has 0 aromatic heterocycles. The fraction of sp³-hybridized carbons (Fsp3) is 0.214. The maximum absolute atomic E-state index is 13.4. The lowest BCUT2D eigenvalue weighted by molar-refractivity contribution is 0.0957. The average molecular weight is 231 g/mol. The summed E-state index contributed by atoms with van der Waals surface area (Å²) in [7, 11) is 1.90. The highest BCUT2D eigenvalue weighted by Crippen LogP contribution is 2.15. The molecule has 2 rings (SSSR count). The summed E-state index contributed by atoms with van der Waals surface area (Å²) in [4.78, 5) is 13.9. The standard InChI is InChI=1S/C14H14FNO/c1-16-9-5-4-6-11(16)10-14(17)12-7-2-3-8-13(12)15/h2-9,11H,10H2,1H3. The first-order valence-electron chi connectivity index (χ1n) is 5.53.